The molecule has 1 saturated heterocycles. The quantitative estimate of drug-likeness (QED) is 0.550. The van der Waals surface area contributed by atoms with Crippen molar-refractivity contribution in [2.24, 2.45) is 0 Å². The van der Waals surface area contributed by atoms with Gasteiger partial charge in [-0.3, -0.25) is 4.90 Å². The van der Waals surface area contributed by atoms with Crippen LogP contribution in [-0.2, 0) is 16.6 Å². The second-order valence-corrected chi connectivity index (χ2v) is 9.15. The smallest absolute Gasteiger partial charge is 0.244 e. The minimum absolute atomic E-state index is 0.255. The molecule has 2 heterocycles. The number of nitrogens with zero attached hydrogens (tertiary/aromatic N) is 3. The Morgan fingerprint density at radius 2 is 1.81 bits per heavy atom. The summed E-state index contributed by atoms with van der Waals surface area (Å²) >= 11 is 1.50. The first-order chi connectivity index (χ1) is 13.1. The molecule has 0 radical (unpaired) electrons. The zero-order chi connectivity index (χ0) is 19.1. The normalized spacial score (nSPS) is 15.9. The van der Waals surface area contributed by atoms with Gasteiger partial charge < -0.3 is 0 Å². The SMILES string of the molecule is CC#CCSc1ccc(S(=O)(=O)N2CCN(Cc3ccccc3)CC2)cn1. The summed E-state index contributed by atoms with van der Waals surface area (Å²) in [5.41, 5.74) is 1.25. The van der Waals surface area contributed by atoms with Crippen LogP contribution in [-0.4, -0.2) is 54.5 Å². The summed E-state index contributed by atoms with van der Waals surface area (Å²) < 4.78 is 27.3. The van der Waals surface area contributed by atoms with Gasteiger partial charge in [0, 0.05) is 38.9 Å². The summed E-state index contributed by atoms with van der Waals surface area (Å²) in [5, 5.41) is 0.782. The van der Waals surface area contributed by atoms with Gasteiger partial charge in [-0.25, -0.2) is 13.4 Å². The van der Waals surface area contributed by atoms with E-state index in [1.807, 2.05) is 18.2 Å². The molecule has 1 aliphatic heterocycles. The van der Waals surface area contributed by atoms with Crippen LogP contribution in [0.3, 0.4) is 0 Å². The van der Waals surface area contributed by atoms with Gasteiger partial charge in [0.05, 0.1) is 10.8 Å². The van der Waals surface area contributed by atoms with Crippen molar-refractivity contribution in [3.05, 3.63) is 54.2 Å². The van der Waals surface area contributed by atoms with Crippen LogP contribution < -0.4 is 0 Å². The molecule has 7 heteroatoms. The Morgan fingerprint density at radius 1 is 1.07 bits per heavy atom. The first kappa shape index (κ1) is 19.9. The van der Waals surface area contributed by atoms with Crippen molar-refractivity contribution in [2.75, 3.05) is 31.9 Å². The summed E-state index contributed by atoms with van der Waals surface area (Å²) in [4.78, 5) is 6.80. The van der Waals surface area contributed by atoms with Gasteiger partial charge in [-0.15, -0.1) is 5.92 Å². The molecule has 1 aromatic carbocycles. The number of rotatable bonds is 6. The van der Waals surface area contributed by atoms with Crippen LogP contribution in [0, 0.1) is 11.8 Å². The summed E-state index contributed by atoms with van der Waals surface area (Å²) in [6, 6.07) is 13.6. The van der Waals surface area contributed by atoms with Crippen LogP contribution in [0.4, 0.5) is 0 Å². The number of thioether (sulfide) groups is 1. The topological polar surface area (TPSA) is 53.5 Å². The van der Waals surface area contributed by atoms with Crippen molar-refractivity contribution in [3.8, 4) is 11.8 Å². The van der Waals surface area contributed by atoms with E-state index in [4.69, 9.17) is 0 Å². The van der Waals surface area contributed by atoms with Gasteiger partial charge in [-0.1, -0.05) is 48.0 Å². The highest BCUT2D eigenvalue weighted by Gasteiger charge is 2.28. The molecule has 0 saturated carbocycles. The molecule has 0 spiro atoms. The Kier molecular flexibility index (Phi) is 6.91. The second kappa shape index (κ2) is 9.38. The number of benzene rings is 1. The predicted molar refractivity (Wildman–Crippen MR) is 109 cm³/mol. The number of piperazine rings is 1. The van der Waals surface area contributed by atoms with Crippen molar-refractivity contribution in [3.63, 3.8) is 0 Å². The van der Waals surface area contributed by atoms with Crippen molar-refractivity contribution in [2.45, 2.75) is 23.4 Å². The standard InChI is InChI=1S/C20H23N3O2S2/c1-2-3-15-26-20-10-9-19(16-21-20)27(24,25)23-13-11-22(12-14-23)17-18-7-5-4-6-8-18/h4-10,16H,11-15,17H2,1H3. The number of pyridine rings is 1. The van der Waals surface area contributed by atoms with E-state index in [1.165, 1.54) is 23.5 Å². The Labute approximate surface area is 165 Å². The highest BCUT2D eigenvalue weighted by Crippen LogP contribution is 2.21. The van der Waals surface area contributed by atoms with E-state index in [9.17, 15) is 8.42 Å². The highest BCUT2D eigenvalue weighted by molar-refractivity contribution is 7.99. The lowest BCUT2D eigenvalue weighted by Gasteiger charge is -2.33. The predicted octanol–water partition coefficient (Wildman–Crippen LogP) is 2.70. The van der Waals surface area contributed by atoms with Crippen LogP contribution in [0.25, 0.3) is 0 Å². The molecular formula is C20H23N3O2S2. The zero-order valence-corrected chi connectivity index (χ0v) is 17.0. The summed E-state index contributed by atoms with van der Waals surface area (Å²) in [6.45, 7) is 5.10. The minimum atomic E-state index is -3.49. The first-order valence-electron chi connectivity index (χ1n) is 8.84. The van der Waals surface area contributed by atoms with E-state index in [2.05, 4.69) is 33.9 Å². The molecule has 1 fully saturated rings. The third-order valence-electron chi connectivity index (χ3n) is 4.40. The van der Waals surface area contributed by atoms with Crippen LogP contribution in [0.2, 0.25) is 0 Å². The maximum Gasteiger partial charge on any atom is 0.244 e. The maximum atomic E-state index is 12.9. The number of hydrogen-bond acceptors (Lipinski definition) is 5. The number of hydrogen-bond donors (Lipinski definition) is 0. The largest absolute Gasteiger partial charge is 0.296 e. The Morgan fingerprint density at radius 3 is 2.44 bits per heavy atom. The third-order valence-corrected chi connectivity index (χ3v) is 7.10. The van der Waals surface area contributed by atoms with E-state index in [0.29, 0.717) is 18.8 Å². The lowest BCUT2D eigenvalue weighted by molar-refractivity contribution is 0.181. The molecule has 5 nitrogen and oxygen atoms in total. The first-order valence-corrected chi connectivity index (χ1v) is 11.3. The summed E-state index contributed by atoms with van der Waals surface area (Å²) in [5.74, 6) is 6.44. The van der Waals surface area contributed by atoms with Gasteiger partial charge in [-0.2, -0.15) is 4.31 Å². The van der Waals surface area contributed by atoms with E-state index < -0.39 is 10.0 Å². The highest BCUT2D eigenvalue weighted by atomic mass is 32.2. The van der Waals surface area contributed by atoms with Crippen LogP contribution in [0.15, 0.2) is 58.6 Å². The molecule has 0 atom stereocenters. The molecule has 1 aliphatic rings. The molecule has 0 N–H and O–H groups in total. The second-order valence-electron chi connectivity index (χ2n) is 6.21. The molecule has 27 heavy (non-hydrogen) atoms. The van der Waals surface area contributed by atoms with Gasteiger partial charge in [0.1, 0.15) is 4.90 Å². The molecule has 0 aliphatic carbocycles. The van der Waals surface area contributed by atoms with Crippen molar-refractivity contribution < 1.29 is 8.42 Å². The summed E-state index contributed by atoms with van der Waals surface area (Å²) in [6.07, 6.45) is 1.45. The van der Waals surface area contributed by atoms with E-state index in [-0.39, 0.29) is 4.90 Å². The molecule has 2 aromatic rings. The van der Waals surface area contributed by atoms with Crippen LogP contribution in [0.1, 0.15) is 12.5 Å². The number of aromatic nitrogens is 1. The average Bonchev–Trinajstić information content (AvgIpc) is 2.70. The van der Waals surface area contributed by atoms with Gasteiger partial charge in [0.25, 0.3) is 0 Å². The number of sulfonamides is 1. The van der Waals surface area contributed by atoms with Crippen LogP contribution in [0.5, 0.6) is 0 Å². The molecular weight excluding hydrogens is 378 g/mol. The van der Waals surface area contributed by atoms with Crippen molar-refractivity contribution in [1.82, 2.24) is 14.2 Å². The lowest BCUT2D eigenvalue weighted by atomic mass is 10.2. The van der Waals surface area contributed by atoms with Crippen molar-refractivity contribution >= 4 is 21.8 Å². The molecule has 0 bridgehead atoms. The Hall–Kier alpha value is -1.85. The van der Waals surface area contributed by atoms with Gasteiger partial charge in [0.15, 0.2) is 0 Å². The average molecular weight is 402 g/mol. The van der Waals surface area contributed by atoms with Gasteiger partial charge >= 0.3 is 0 Å². The van der Waals surface area contributed by atoms with E-state index in [1.54, 1.807) is 23.4 Å². The van der Waals surface area contributed by atoms with Gasteiger partial charge in [-0.05, 0) is 24.6 Å². The fourth-order valence-electron chi connectivity index (χ4n) is 2.91. The molecule has 3 rings (SSSR count). The third kappa shape index (κ3) is 5.33. The fourth-order valence-corrected chi connectivity index (χ4v) is 4.93. The maximum absolute atomic E-state index is 12.9. The van der Waals surface area contributed by atoms with E-state index >= 15 is 0 Å². The molecule has 142 valence electrons. The zero-order valence-electron chi connectivity index (χ0n) is 15.3. The molecule has 0 amide bonds. The van der Waals surface area contributed by atoms with Gasteiger partial charge in [0.2, 0.25) is 10.0 Å². The summed E-state index contributed by atoms with van der Waals surface area (Å²) in [7, 11) is -3.49. The lowest BCUT2D eigenvalue weighted by Crippen LogP contribution is -2.48. The Bertz CT molecular complexity index is 896. The van der Waals surface area contributed by atoms with Crippen molar-refractivity contribution in [1.29, 1.82) is 0 Å². The minimum Gasteiger partial charge on any atom is -0.296 e. The monoisotopic (exact) mass is 401 g/mol. The molecule has 1 aromatic heterocycles. The molecule has 0 unspecified atom stereocenters. The fraction of sp³-hybridized carbons (Fsp3) is 0.350. The van der Waals surface area contributed by atoms with Crippen LogP contribution >= 0.6 is 11.8 Å². The Balaban J connectivity index is 1.58. The van der Waals surface area contributed by atoms with E-state index in [0.717, 1.165) is 24.7 Å².